The third-order valence-corrected chi connectivity index (χ3v) is 5.47. The number of thioether (sulfide) groups is 1. The number of hydrogen-bond donors (Lipinski definition) is 2. The lowest BCUT2D eigenvalue weighted by Gasteiger charge is -2.33. The number of likely N-dealkylation sites (tertiary alicyclic amines) is 1. The average Bonchev–Trinajstić information content (AvgIpc) is 2.66. The number of carbonyl (C=O) groups is 2. The predicted octanol–water partition coefficient (Wildman–Crippen LogP) is 2.07. The Morgan fingerprint density at radius 2 is 2.08 bits per heavy atom. The van der Waals surface area contributed by atoms with Gasteiger partial charge in [0.2, 0.25) is 11.8 Å². The van der Waals surface area contributed by atoms with Crippen LogP contribution in [0.4, 0.5) is 4.39 Å². The Hall–Kier alpha value is -1.60. The van der Waals surface area contributed by atoms with Crippen molar-refractivity contribution in [3.05, 3.63) is 35.1 Å². The Morgan fingerprint density at radius 3 is 2.69 bits per heavy atom. The van der Waals surface area contributed by atoms with Gasteiger partial charge in [0, 0.05) is 25.6 Å². The Labute approximate surface area is 158 Å². The molecule has 5 nitrogen and oxygen atoms in total. The lowest BCUT2D eigenvalue weighted by Crippen LogP contribution is -2.49. The van der Waals surface area contributed by atoms with Gasteiger partial charge in [-0.3, -0.25) is 9.59 Å². The van der Waals surface area contributed by atoms with E-state index in [2.05, 4.69) is 5.32 Å². The van der Waals surface area contributed by atoms with Crippen LogP contribution >= 0.6 is 11.8 Å². The van der Waals surface area contributed by atoms with E-state index < -0.39 is 6.04 Å². The van der Waals surface area contributed by atoms with Gasteiger partial charge < -0.3 is 16.0 Å². The lowest BCUT2D eigenvalue weighted by molar-refractivity contribution is -0.136. The molecule has 1 aromatic carbocycles. The zero-order valence-corrected chi connectivity index (χ0v) is 16.3. The zero-order chi connectivity index (χ0) is 19.1. The SMILES string of the molecule is CSCCC(N)C(=O)N1CCC(C(=O)NCc2ccc(C)c(F)c2)CC1. The van der Waals surface area contributed by atoms with Gasteiger partial charge in [-0.25, -0.2) is 4.39 Å². The van der Waals surface area contributed by atoms with E-state index in [1.54, 1.807) is 29.7 Å². The Morgan fingerprint density at radius 1 is 1.38 bits per heavy atom. The third kappa shape index (κ3) is 5.71. The molecule has 1 aromatic rings. The Balaban J connectivity index is 1.77. The van der Waals surface area contributed by atoms with E-state index in [4.69, 9.17) is 5.73 Å². The van der Waals surface area contributed by atoms with Crippen molar-refractivity contribution >= 4 is 23.6 Å². The number of aryl methyl sites for hydroxylation is 1. The fraction of sp³-hybridized carbons (Fsp3) is 0.579. The van der Waals surface area contributed by atoms with E-state index in [0.717, 1.165) is 11.3 Å². The van der Waals surface area contributed by atoms with Crippen molar-refractivity contribution in [2.24, 2.45) is 11.7 Å². The molecule has 1 saturated heterocycles. The molecular weight excluding hydrogens is 353 g/mol. The number of hydrogen-bond acceptors (Lipinski definition) is 4. The number of piperidine rings is 1. The molecule has 0 spiro atoms. The van der Waals surface area contributed by atoms with Gasteiger partial charge >= 0.3 is 0 Å². The van der Waals surface area contributed by atoms with E-state index in [0.29, 0.717) is 44.5 Å². The van der Waals surface area contributed by atoms with Crippen LogP contribution in [0.25, 0.3) is 0 Å². The van der Waals surface area contributed by atoms with Crippen molar-refractivity contribution in [2.75, 3.05) is 25.1 Å². The molecule has 0 aromatic heterocycles. The molecule has 0 radical (unpaired) electrons. The monoisotopic (exact) mass is 381 g/mol. The highest BCUT2D eigenvalue weighted by atomic mass is 32.2. The molecule has 0 bridgehead atoms. The van der Waals surface area contributed by atoms with Crippen LogP contribution in [0.15, 0.2) is 18.2 Å². The number of carbonyl (C=O) groups excluding carboxylic acids is 2. The van der Waals surface area contributed by atoms with E-state index >= 15 is 0 Å². The van der Waals surface area contributed by atoms with Gasteiger partial charge in [-0.15, -0.1) is 0 Å². The number of benzene rings is 1. The van der Waals surface area contributed by atoms with Crippen LogP contribution < -0.4 is 11.1 Å². The van der Waals surface area contributed by atoms with Crippen LogP contribution in [0, 0.1) is 18.7 Å². The number of nitrogens with one attached hydrogen (secondary N) is 1. The van der Waals surface area contributed by atoms with Crippen molar-refractivity contribution < 1.29 is 14.0 Å². The second kappa shape index (κ2) is 9.92. The fourth-order valence-corrected chi connectivity index (χ4v) is 3.53. The van der Waals surface area contributed by atoms with Gasteiger partial charge in [0.25, 0.3) is 0 Å². The largest absolute Gasteiger partial charge is 0.352 e. The maximum Gasteiger partial charge on any atom is 0.239 e. The maximum atomic E-state index is 13.6. The molecule has 3 N–H and O–H groups in total. The van der Waals surface area contributed by atoms with Crippen LogP contribution in [-0.4, -0.2) is 47.9 Å². The highest BCUT2D eigenvalue weighted by Gasteiger charge is 2.29. The van der Waals surface area contributed by atoms with E-state index in [-0.39, 0.29) is 23.5 Å². The predicted molar refractivity (Wildman–Crippen MR) is 103 cm³/mol. The first-order chi connectivity index (χ1) is 12.4. The molecule has 2 rings (SSSR count). The minimum Gasteiger partial charge on any atom is -0.352 e. The zero-order valence-electron chi connectivity index (χ0n) is 15.5. The van der Waals surface area contributed by atoms with Crippen molar-refractivity contribution in [1.29, 1.82) is 0 Å². The van der Waals surface area contributed by atoms with Crippen LogP contribution in [0.3, 0.4) is 0 Å². The second-order valence-corrected chi connectivity index (χ2v) is 7.77. The first-order valence-corrected chi connectivity index (χ1v) is 10.4. The molecule has 1 atom stereocenters. The summed E-state index contributed by atoms with van der Waals surface area (Å²) in [6.45, 7) is 3.14. The lowest BCUT2D eigenvalue weighted by atomic mass is 9.95. The molecule has 7 heteroatoms. The van der Waals surface area contributed by atoms with Crippen molar-refractivity contribution in [3.63, 3.8) is 0 Å². The number of amides is 2. The summed E-state index contributed by atoms with van der Waals surface area (Å²) >= 11 is 1.68. The molecule has 1 fully saturated rings. The maximum absolute atomic E-state index is 13.6. The molecule has 0 saturated carbocycles. The highest BCUT2D eigenvalue weighted by Crippen LogP contribution is 2.19. The molecule has 1 aliphatic heterocycles. The molecule has 2 amide bonds. The number of halogens is 1. The molecule has 144 valence electrons. The summed E-state index contributed by atoms with van der Waals surface area (Å²) in [5.41, 5.74) is 7.28. The van der Waals surface area contributed by atoms with Crippen molar-refractivity contribution in [2.45, 2.75) is 38.8 Å². The van der Waals surface area contributed by atoms with Gasteiger partial charge in [-0.2, -0.15) is 11.8 Å². The minimum absolute atomic E-state index is 0.0203. The van der Waals surface area contributed by atoms with E-state index in [1.807, 2.05) is 12.3 Å². The molecule has 0 aliphatic carbocycles. The number of rotatable bonds is 7. The van der Waals surface area contributed by atoms with Crippen LogP contribution in [0.1, 0.15) is 30.4 Å². The summed E-state index contributed by atoms with van der Waals surface area (Å²) in [4.78, 5) is 26.4. The van der Waals surface area contributed by atoms with E-state index in [9.17, 15) is 14.0 Å². The topological polar surface area (TPSA) is 75.4 Å². The number of nitrogens with two attached hydrogens (primary N) is 1. The average molecular weight is 382 g/mol. The summed E-state index contributed by atoms with van der Waals surface area (Å²) in [7, 11) is 0. The molecule has 1 heterocycles. The third-order valence-electron chi connectivity index (χ3n) is 4.83. The smallest absolute Gasteiger partial charge is 0.239 e. The Bertz CT molecular complexity index is 633. The molecule has 1 unspecified atom stereocenters. The van der Waals surface area contributed by atoms with Gasteiger partial charge in [0.05, 0.1) is 6.04 Å². The standard InChI is InChI=1S/C19H28FN3O2S/c1-13-3-4-14(11-16(13)20)12-22-18(24)15-5-8-23(9-6-15)19(25)17(21)7-10-26-2/h3-4,11,15,17H,5-10,12,21H2,1-2H3,(H,22,24). The summed E-state index contributed by atoms with van der Waals surface area (Å²) in [6.07, 6.45) is 3.93. The van der Waals surface area contributed by atoms with Crippen molar-refractivity contribution in [1.82, 2.24) is 10.2 Å². The minimum atomic E-state index is -0.454. The molecule has 1 aliphatic rings. The van der Waals surface area contributed by atoms with Gasteiger partial charge in [-0.05, 0) is 55.4 Å². The summed E-state index contributed by atoms with van der Waals surface area (Å²) in [6, 6.07) is 4.52. The highest BCUT2D eigenvalue weighted by molar-refractivity contribution is 7.98. The Kier molecular flexibility index (Phi) is 7.90. The van der Waals surface area contributed by atoms with Crippen LogP contribution in [-0.2, 0) is 16.1 Å². The normalized spacial score (nSPS) is 16.4. The van der Waals surface area contributed by atoms with Crippen LogP contribution in [0.5, 0.6) is 0 Å². The van der Waals surface area contributed by atoms with Crippen LogP contribution in [0.2, 0.25) is 0 Å². The fourth-order valence-electron chi connectivity index (χ4n) is 3.04. The van der Waals surface area contributed by atoms with E-state index in [1.165, 1.54) is 6.07 Å². The first kappa shape index (κ1) is 20.7. The number of nitrogens with zero attached hydrogens (tertiary/aromatic N) is 1. The quantitative estimate of drug-likeness (QED) is 0.758. The second-order valence-electron chi connectivity index (χ2n) is 6.79. The molecule has 26 heavy (non-hydrogen) atoms. The van der Waals surface area contributed by atoms with Gasteiger partial charge in [-0.1, -0.05) is 12.1 Å². The first-order valence-electron chi connectivity index (χ1n) is 8.98. The summed E-state index contributed by atoms with van der Waals surface area (Å²) < 4.78 is 13.6. The van der Waals surface area contributed by atoms with Crippen molar-refractivity contribution in [3.8, 4) is 0 Å². The van der Waals surface area contributed by atoms with Gasteiger partial charge in [0.1, 0.15) is 5.82 Å². The summed E-state index contributed by atoms with van der Waals surface area (Å²) in [5.74, 6) is 0.432. The van der Waals surface area contributed by atoms with Gasteiger partial charge in [0.15, 0.2) is 0 Å². The molecular formula is C19H28FN3O2S. The summed E-state index contributed by atoms with van der Waals surface area (Å²) in [5, 5.41) is 2.87.